The Labute approximate surface area is 86.2 Å². The predicted octanol–water partition coefficient (Wildman–Crippen LogP) is 1.86. The molecule has 1 atom stereocenters. The highest BCUT2D eigenvalue weighted by atomic mass is 32.1. The fourth-order valence-electron chi connectivity index (χ4n) is 1.14. The number of imidazole rings is 1. The lowest BCUT2D eigenvalue weighted by Crippen LogP contribution is -2.04. The van der Waals surface area contributed by atoms with E-state index in [0.717, 1.165) is 16.5 Å². The van der Waals surface area contributed by atoms with E-state index in [2.05, 4.69) is 15.0 Å². The molecule has 0 saturated carbocycles. The Bertz CT molecular complexity index is 429. The number of hydrogen-bond acceptors (Lipinski definition) is 4. The molecule has 0 aliphatic carbocycles. The maximum absolute atomic E-state index is 5.72. The number of nitrogens with zero attached hydrogens (tertiary/aromatic N) is 2. The molecular formula is C9H12N4S. The molecule has 0 amide bonds. The Kier molecular flexibility index (Phi) is 2.35. The summed E-state index contributed by atoms with van der Waals surface area (Å²) in [5.41, 5.74) is 6.66. The van der Waals surface area contributed by atoms with Crippen molar-refractivity contribution in [2.75, 3.05) is 0 Å². The Morgan fingerprint density at radius 1 is 1.43 bits per heavy atom. The molecule has 0 aromatic carbocycles. The number of thiazole rings is 1. The van der Waals surface area contributed by atoms with Crippen LogP contribution in [-0.2, 0) is 0 Å². The van der Waals surface area contributed by atoms with Gasteiger partial charge in [-0.25, -0.2) is 9.97 Å². The molecule has 0 aliphatic heterocycles. The molecule has 0 bridgehead atoms. The van der Waals surface area contributed by atoms with Gasteiger partial charge in [-0.3, -0.25) is 0 Å². The largest absolute Gasteiger partial charge is 0.339 e. The summed E-state index contributed by atoms with van der Waals surface area (Å²) in [4.78, 5) is 12.8. The summed E-state index contributed by atoms with van der Waals surface area (Å²) in [7, 11) is 0. The molecule has 1 unspecified atom stereocenters. The van der Waals surface area contributed by atoms with E-state index in [4.69, 9.17) is 5.73 Å². The second kappa shape index (κ2) is 3.51. The molecule has 4 nitrogen and oxygen atoms in total. The first-order valence-electron chi connectivity index (χ1n) is 4.40. The monoisotopic (exact) mass is 208 g/mol. The van der Waals surface area contributed by atoms with Gasteiger partial charge in [0.05, 0.1) is 11.9 Å². The SMILES string of the molecule is Cc1cnc(-c2ncc(C(C)N)[nH]2)s1. The van der Waals surface area contributed by atoms with Gasteiger partial charge in [0.15, 0.2) is 10.8 Å². The van der Waals surface area contributed by atoms with Crippen molar-refractivity contribution in [3.05, 3.63) is 23.0 Å². The molecule has 0 aliphatic rings. The number of aromatic nitrogens is 3. The highest BCUT2D eigenvalue weighted by Crippen LogP contribution is 2.22. The van der Waals surface area contributed by atoms with Crippen LogP contribution in [0.5, 0.6) is 0 Å². The van der Waals surface area contributed by atoms with Crippen molar-refractivity contribution >= 4 is 11.3 Å². The highest BCUT2D eigenvalue weighted by Gasteiger charge is 2.08. The Morgan fingerprint density at radius 2 is 2.21 bits per heavy atom. The maximum atomic E-state index is 5.72. The molecule has 0 fully saturated rings. The lowest BCUT2D eigenvalue weighted by atomic mass is 10.3. The summed E-state index contributed by atoms with van der Waals surface area (Å²) in [5.74, 6) is 0.801. The third-order valence-corrected chi connectivity index (χ3v) is 2.83. The van der Waals surface area contributed by atoms with Crippen molar-refractivity contribution in [1.29, 1.82) is 0 Å². The van der Waals surface area contributed by atoms with Gasteiger partial charge < -0.3 is 10.7 Å². The summed E-state index contributed by atoms with van der Waals surface area (Å²) in [6.07, 6.45) is 3.60. The van der Waals surface area contributed by atoms with Crippen LogP contribution in [-0.4, -0.2) is 15.0 Å². The van der Waals surface area contributed by atoms with Crippen molar-refractivity contribution in [2.45, 2.75) is 19.9 Å². The molecule has 14 heavy (non-hydrogen) atoms. The van der Waals surface area contributed by atoms with Gasteiger partial charge in [-0.1, -0.05) is 0 Å². The number of nitrogens with one attached hydrogen (secondary N) is 1. The van der Waals surface area contributed by atoms with E-state index in [1.165, 1.54) is 4.88 Å². The van der Waals surface area contributed by atoms with Crippen LogP contribution in [0.25, 0.3) is 10.8 Å². The van der Waals surface area contributed by atoms with Crippen molar-refractivity contribution in [1.82, 2.24) is 15.0 Å². The van der Waals surface area contributed by atoms with E-state index in [1.807, 2.05) is 20.0 Å². The van der Waals surface area contributed by atoms with E-state index < -0.39 is 0 Å². The quantitative estimate of drug-likeness (QED) is 0.791. The fourth-order valence-corrected chi connectivity index (χ4v) is 1.86. The fraction of sp³-hybridized carbons (Fsp3) is 0.333. The number of H-pyrrole nitrogens is 1. The van der Waals surface area contributed by atoms with Crippen LogP contribution in [0.15, 0.2) is 12.4 Å². The van der Waals surface area contributed by atoms with E-state index >= 15 is 0 Å². The number of hydrogen-bond donors (Lipinski definition) is 2. The maximum Gasteiger partial charge on any atom is 0.166 e. The van der Waals surface area contributed by atoms with Gasteiger partial charge in [-0.15, -0.1) is 11.3 Å². The lowest BCUT2D eigenvalue weighted by molar-refractivity contribution is 0.789. The van der Waals surface area contributed by atoms with Crippen LogP contribution in [0.2, 0.25) is 0 Å². The summed E-state index contributed by atoms with van der Waals surface area (Å²) in [5, 5.41) is 0.911. The van der Waals surface area contributed by atoms with E-state index in [1.54, 1.807) is 17.5 Å². The number of rotatable bonds is 2. The first-order chi connectivity index (χ1) is 6.66. The summed E-state index contributed by atoms with van der Waals surface area (Å²) >= 11 is 1.62. The molecule has 0 saturated heterocycles. The van der Waals surface area contributed by atoms with Crippen LogP contribution >= 0.6 is 11.3 Å². The second-order valence-corrected chi connectivity index (χ2v) is 4.49. The van der Waals surface area contributed by atoms with Crippen LogP contribution < -0.4 is 5.73 Å². The van der Waals surface area contributed by atoms with E-state index in [0.29, 0.717) is 0 Å². The van der Waals surface area contributed by atoms with E-state index in [9.17, 15) is 0 Å². The van der Waals surface area contributed by atoms with E-state index in [-0.39, 0.29) is 6.04 Å². The van der Waals surface area contributed by atoms with Gasteiger partial charge in [-0.05, 0) is 13.8 Å². The minimum Gasteiger partial charge on any atom is -0.339 e. The predicted molar refractivity (Wildman–Crippen MR) is 57.0 cm³/mol. The van der Waals surface area contributed by atoms with Gasteiger partial charge in [0.2, 0.25) is 0 Å². The third kappa shape index (κ3) is 1.69. The number of aromatic amines is 1. The summed E-state index contributed by atoms with van der Waals surface area (Å²) in [6, 6.07) is -0.0164. The van der Waals surface area contributed by atoms with Crippen molar-refractivity contribution in [2.24, 2.45) is 5.73 Å². The smallest absolute Gasteiger partial charge is 0.166 e. The molecule has 2 rings (SSSR count). The molecule has 0 radical (unpaired) electrons. The second-order valence-electron chi connectivity index (χ2n) is 3.25. The standard InChI is InChI=1S/C9H12N4S/c1-5-3-12-9(14-5)8-11-4-7(13-8)6(2)10/h3-4,6H,10H2,1-2H3,(H,11,13). The summed E-state index contributed by atoms with van der Waals surface area (Å²) < 4.78 is 0. The van der Waals surface area contributed by atoms with Gasteiger partial charge in [0, 0.05) is 17.1 Å². The topological polar surface area (TPSA) is 67.6 Å². The average molecular weight is 208 g/mol. The molecule has 2 aromatic rings. The summed E-state index contributed by atoms with van der Waals surface area (Å²) in [6.45, 7) is 3.95. The molecule has 3 N–H and O–H groups in total. The van der Waals surface area contributed by atoms with Crippen LogP contribution in [0.1, 0.15) is 23.5 Å². The zero-order chi connectivity index (χ0) is 10.1. The van der Waals surface area contributed by atoms with Crippen LogP contribution in [0.4, 0.5) is 0 Å². The van der Waals surface area contributed by atoms with Crippen LogP contribution in [0.3, 0.4) is 0 Å². The first kappa shape index (κ1) is 9.36. The Morgan fingerprint density at radius 3 is 2.71 bits per heavy atom. The molecule has 0 spiro atoms. The molecule has 2 heterocycles. The number of aryl methyl sites for hydroxylation is 1. The first-order valence-corrected chi connectivity index (χ1v) is 5.22. The minimum absolute atomic E-state index is 0.0164. The zero-order valence-electron chi connectivity index (χ0n) is 8.11. The molecule has 74 valence electrons. The Balaban J connectivity index is 2.33. The van der Waals surface area contributed by atoms with Crippen molar-refractivity contribution < 1.29 is 0 Å². The minimum atomic E-state index is -0.0164. The van der Waals surface area contributed by atoms with Gasteiger partial charge in [0.1, 0.15) is 0 Å². The highest BCUT2D eigenvalue weighted by molar-refractivity contribution is 7.14. The average Bonchev–Trinajstić information content (AvgIpc) is 2.70. The van der Waals surface area contributed by atoms with Gasteiger partial charge in [-0.2, -0.15) is 0 Å². The number of nitrogens with two attached hydrogens (primary N) is 1. The molecule has 2 aromatic heterocycles. The van der Waals surface area contributed by atoms with Gasteiger partial charge >= 0.3 is 0 Å². The zero-order valence-corrected chi connectivity index (χ0v) is 8.93. The van der Waals surface area contributed by atoms with Crippen molar-refractivity contribution in [3.63, 3.8) is 0 Å². The Hall–Kier alpha value is -1.20. The normalized spacial score (nSPS) is 13.1. The molecular weight excluding hydrogens is 196 g/mol. The molecule has 5 heteroatoms. The van der Waals surface area contributed by atoms with Crippen molar-refractivity contribution in [3.8, 4) is 10.8 Å². The van der Waals surface area contributed by atoms with Crippen LogP contribution in [0, 0.1) is 6.92 Å². The third-order valence-electron chi connectivity index (χ3n) is 1.91. The lowest BCUT2D eigenvalue weighted by Gasteiger charge is -1.97. The van der Waals surface area contributed by atoms with Gasteiger partial charge in [0.25, 0.3) is 0 Å².